The summed E-state index contributed by atoms with van der Waals surface area (Å²) in [4.78, 5) is 0. The van der Waals surface area contributed by atoms with E-state index in [1.165, 1.54) is 0 Å². The smallest absolute Gasteiger partial charge is 0.893 e. The van der Waals surface area contributed by atoms with Gasteiger partial charge in [-0.3, -0.25) is 0 Å². The number of hydrogen-bond acceptors (Lipinski definition) is 2. The molecule has 0 aromatic rings. The summed E-state index contributed by atoms with van der Waals surface area (Å²) in [6.07, 6.45) is 3.19. The second-order valence-corrected chi connectivity index (χ2v) is 1.93. The van der Waals surface area contributed by atoms with Crippen LogP contribution in [-0.2, 0) is 0 Å². The zero-order valence-electron chi connectivity index (χ0n) is 7.22. The van der Waals surface area contributed by atoms with E-state index in [1.807, 2.05) is 6.92 Å². The van der Waals surface area contributed by atoms with Crippen LogP contribution in [0.1, 0.15) is 26.2 Å². The third kappa shape index (κ3) is 17.4. The molecular weight excluding hydrogens is 181 g/mol. The second-order valence-electron chi connectivity index (χ2n) is 1.93. The minimum atomic E-state index is -1.60. The molecule has 10 heavy (non-hydrogen) atoms. The van der Waals surface area contributed by atoms with Crippen LogP contribution in [0.2, 0.25) is 6.32 Å². The van der Waals surface area contributed by atoms with Crippen molar-refractivity contribution >= 4 is 7.12 Å². The molecule has 2 nitrogen and oxygen atoms in total. The molecule has 0 saturated heterocycles. The Morgan fingerprint density at radius 1 is 1.10 bits per heavy atom. The van der Waals surface area contributed by atoms with E-state index in [-0.39, 0.29) is 103 Å². The SMILES string of the molecule is CCCCCB([O-])[O-].[K+].[K+]. The summed E-state index contributed by atoms with van der Waals surface area (Å²) in [5.41, 5.74) is 0. The standard InChI is InChI=1S/C5H11BO2.2K/c1-2-3-4-5-6(7)8;;/h2-5H2,1H3;;/q-2;2*+1. The normalized spacial score (nSPS) is 7.50. The van der Waals surface area contributed by atoms with Gasteiger partial charge in [0.15, 0.2) is 0 Å². The third-order valence-corrected chi connectivity index (χ3v) is 1.04. The van der Waals surface area contributed by atoms with Gasteiger partial charge >= 0.3 is 103 Å². The predicted octanol–water partition coefficient (Wildman–Crippen LogP) is -6.61. The van der Waals surface area contributed by atoms with Crippen LogP contribution in [0.15, 0.2) is 0 Å². The molecule has 0 heterocycles. The first-order chi connectivity index (χ1) is 3.77. The zero-order valence-corrected chi connectivity index (χ0v) is 13.5. The second kappa shape index (κ2) is 14.8. The molecule has 0 fully saturated rings. The summed E-state index contributed by atoms with van der Waals surface area (Å²) in [7, 11) is -1.60. The van der Waals surface area contributed by atoms with Gasteiger partial charge in [-0.25, -0.2) is 0 Å². The maximum atomic E-state index is 9.85. The van der Waals surface area contributed by atoms with Crippen molar-refractivity contribution in [2.24, 2.45) is 0 Å². The number of hydrogen-bond donors (Lipinski definition) is 0. The van der Waals surface area contributed by atoms with Crippen molar-refractivity contribution < 1.29 is 113 Å². The maximum Gasteiger partial charge on any atom is 1.00 e. The zero-order chi connectivity index (χ0) is 6.41. The maximum absolute atomic E-state index is 9.85. The van der Waals surface area contributed by atoms with E-state index < -0.39 is 7.12 Å². The van der Waals surface area contributed by atoms with Crippen LogP contribution in [0.5, 0.6) is 0 Å². The molecule has 0 aliphatic rings. The molecule has 0 saturated carbocycles. The van der Waals surface area contributed by atoms with Crippen LogP contribution in [0.3, 0.4) is 0 Å². The van der Waals surface area contributed by atoms with Crippen LogP contribution in [0.4, 0.5) is 0 Å². The van der Waals surface area contributed by atoms with Gasteiger partial charge in [-0.1, -0.05) is 26.2 Å². The van der Waals surface area contributed by atoms with Crippen molar-refractivity contribution in [2.75, 3.05) is 0 Å². The first kappa shape index (κ1) is 18.9. The molecule has 0 aliphatic carbocycles. The molecule has 0 aromatic heterocycles. The number of unbranched alkanes of at least 4 members (excludes halogenated alkanes) is 2. The van der Waals surface area contributed by atoms with E-state index in [1.54, 1.807) is 0 Å². The monoisotopic (exact) mass is 192 g/mol. The summed E-state index contributed by atoms with van der Waals surface area (Å²) >= 11 is 0. The molecular formula is C5H11BK2O2. The van der Waals surface area contributed by atoms with Gasteiger partial charge in [-0.15, -0.1) is 13.4 Å². The Bertz CT molecular complexity index is 54.9. The molecule has 48 valence electrons. The van der Waals surface area contributed by atoms with E-state index in [0.29, 0.717) is 6.32 Å². The molecule has 0 amide bonds. The topological polar surface area (TPSA) is 46.1 Å². The van der Waals surface area contributed by atoms with Crippen LogP contribution in [-0.4, -0.2) is 7.12 Å². The molecule has 0 spiro atoms. The van der Waals surface area contributed by atoms with Gasteiger partial charge in [0.05, 0.1) is 0 Å². The average molecular weight is 192 g/mol. The molecule has 0 atom stereocenters. The van der Waals surface area contributed by atoms with E-state index >= 15 is 0 Å². The van der Waals surface area contributed by atoms with Crippen molar-refractivity contribution in [2.45, 2.75) is 32.5 Å². The summed E-state index contributed by atoms with van der Waals surface area (Å²) < 4.78 is 0. The minimum Gasteiger partial charge on any atom is -0.893 e. The Morgan fingerprint density at radius 3 is 1.90 bits per heavy atom. The van der Waals surface area contributed by atoms with Crippen molar-refractivity contribution in [1.82, 2.24) is 0 Å². The van der Waals surface area contributed by atoms with E-state index in [9.17, 15) is 10.0 Å². The van der Waals surface area contributed by atoms with Crippen molar-refractivity contribution in [3.05, 3.63) is 0 Å². The molecule has 0 N–H and O–H groups in total. The summed E-state index contributed by atoms with van der Waals surface area (Å²) in [6.45, 7) is 2.05. The molecule has 0 aromatic carbocycles. The van der Waals surface area contributed by atoms with Crippen molar-refractivity contribution in [3.8, 4) is 0 Å². The van der Waals surface area contributed by atoms with Crippen LogP contribution >= 0.6 is 0 Å². The van der Waals surface area contributed by atoms with Crippen molar-refractivity contribution in [1.29, 1.82) is 0 Å². The first-order valence-corrected chi connectivity index (χ1v) is 3.09. The molecule has 0 radical (unpaired) electrons. The Morgan fingerprint density at radius 2 is 1.60 bits per heavy atom. The predicted molar refractivity (Wildman–Crippen MR) is 30.1 cm³/mol. The van der Waals surface area contributed by atoms with Crippen molar-refractivity contribution in [3.63, 3.8) is 0 Å². The van der Waals surface area contributed by atoms with Gasteiger partial charge in [-0.2, -0.15) is 0 Å². The van der Waals surface area contributed by atoms with Gasteiger partial charge in [0, 0.05) is 0 Å². The number of rotatable bonds is 4. The Balaban J connectivity index is -0.000000245. The van der Waals surface area contributed by atoms with Gasteiger partial charge < -0.3 is 10.0 Å². The van der Waals surface area contributed by atoms with Crippen LogP contribution in [0, 0.1) is 0 Å². The van der Waals surface area contributed by atoms with Gasteiger partial charge in [0.25, 0.3) is 0 Å². The van der Waals surface area contributed by atoms with E-state index in [0.717, 1.165) is 19.3 Å². The van der Waals surface area contributed by atoms with Gasteiger partial charge in [-0.05, 0) is 0 Å². The third-order valence-electron chi connectivity index (χ3n) is 1.04. The molecule has 0 bridgehead atoms. The van der Waals surface area contributed by atoms with Crippen LogP contribution < -0.4 is 113 Å². The van der Waals surface area contributed by atoms with Gasteiger partial charge in [0.2, 0.25) is 0 Å². The molecule has 5 heteroatoms. The Labute approximate surface area is 149 Å². The average Bonchev–Trinajstić information content (AvgIpc) is 1.66. The van der Waals surface area contributed by atoms with Crippen LogP contribution in [0.25, 0.3) is 0 Å². The molecule has 0 rings (SSSR count). The fourth-order valence-corrected chi connectivity index (χ4v) is 0.561. The fraction of sp³-hybridized carbons (Fsp3) is 1.00. The summed E-state index contributed by atoms with van der Waals surface area (Å²) in [6, 6.07) is 0. The van der Waals surface area contributed by atoms with E-state index in [2.05, 4.69) is 0 Å². The minimum absolute atomic E-state index is 0. The fourth-order valence-electron chi connectivity index (χ4n) is 0.561. The molecule has 0 unspecified atom stereocenters. The van der Waals surface area contributed by atoms with Gasteiger partial charge in [0.1, 0.15) is 0 Å². The summed E-state index contributed by atoms with van der Waals surface area (Å²) in [5, 5.41) is 19.7. The quantitative estimate of drug-likeness (QED) is 0.328. The Hall–Kier alpha value is 3.26. The largest absolute Gasteiger partial charge is 1.00 e. The summed E-state index contributed by atoms with van der Waals surface area (Å²) in [5.74, 6) is 0. The Kier molecular flexibility index (Phi) is 28.0. The first-order valence-electron chi connectivity index (χ1n) is 3.09. The van der Waals surface area contributed by atoms with E-state index in [4.69, 9.17) is 0 Å². The molecule has 0 aliphatic heterocycles.